The minimum atomic E-state index is -2.05. The summed E-state index contributed by atoms with van der Waals surface area (Å²) in [5, 5.41) is 0. The summed E-state index contributed by atoms with van der Waals surface area (Å²) in [5.74, 6) is 1.34. The molecule has 2 nitrogen and oxygen atoms in total. The molecule has 0 saturated heterocycles. The van der Waals surface area contributed by atoms with Crippen molar-refractivity contribution in [3.8, 4) is 0 Å². The van der Waals surface area contributed by atoms with Crippen LogP contribution in [0, 0.1) is 0 Å². The quantitative estimate of drug-likeness (QED) is 0.489. The van der Waals surface area contributed by atoms with Crippen LogP contribution in [0.25, 0.3) is 0 Å². The third-order valence-electron chi connectivity index (χ3n) is 0.957. The predicted molar refractivity (Wildman–Crippen MR) is 38.5 cm³/mol. The van der Waals surface area contributed by atoms with Crippen molar-refractivity contribution in [3.63, 3.8) is 0 Å². The highest BCUT2D eigenvalue weighted by atomic mass is 31.1. The first-order valence-electron chi connectivity index (χ1n) is 3.09. The lowest BCUT2D eigenvalue weighted by Gasteiger charge is -1.82. The van der Waals surface area contributed by atoms with Crippen LogP contribution in [-0.4, -0.2) is 4.89 Å². The lowest BCUT2D eigenvalue weighted by atomic mass is 10.2. The molecule has 0 aliphatic rings. The summed E-state index contributed by atoms with van der Waals surface area (Å²) in [5.41, 5.74) is 0. The van der Waals surface area contributed by atoms with Crippen molar-refractivity contribution >= 4 is 8.03 Å². The molecular formula is C6H12O2P+. The van der Waals surface area contributed by atoms with Gasteiger partial charge in [-0.05, 0) is 23.5 Å². The van der Waals surface area contributed by atoms with E-state index in [0.717, 1.165) is 19.3 Å². The van der Waals surface area contributed by atoms with Crippen LogP contribution < -0.4 is 0 Å². The van der Waals surface area contributed by atoms with E-state index in [1.54, 1.807) is 6.08 Å². The van der Waals surface area contributed by atoms with Crippen LogP contribution in [0.4, 0.5) is 0 Å². The lowest BCUT2D eigenvalue weighted by molar-refractivity contribution is 0.512. The Balaban J connectivity index is 3.15. The third-order valence-corrected chi connectivity index (χ3v) is 1.42. The molecule has 1 atom stereocenters. The molecule has 0 radical (unpaired) electrons. The van der Waals surface area contributed by atoms with Crippen molar-refractivity contribution < 1.29 is 9.46 Å². The number of hydrogen-bond donors (Lipinski definition) is 1. The van der Waals surface area contributed by atoms with Gasteiger partial charge in [-0.15, -0.1) is 0 Å². The van der Waals surface area contributed by atoms with Gasteiger partial charge in [0.2, 0.25) is 0 Å². The minimum Gasteiger partial charge on any atom is -0.157 e. The Hall–Kier alpha value is -0.200. The highest BCUT2D eigenvalue weighted by molar-refractivity contribution is 7.41. The van der Waals surface area contributed by atoms with Crippen molar-refractivity contribution in [2.45, 2.75) is 26.2 Å². The largest absolute Gasteiger partial charge is 0.537 e. The zero-order chi connectivity index (χ0) is 7.11. The van der Waals surface area contributed by atoms with E-state index in [1.807, 2.05) is 0 Å². The van der Waals surface area contributed by atoms with Crippen LogP contribution in [0.2, 0.25) is 0 Å². The van der Waals surface area contributed by atoms with E-state index in [2.05, 4.69) is 6.92 Å². The van der Waals surface area contributed by atoms with Gasteiger partial charge in [-0.1, -0.05) is 13.3 Å². The average Bonchev–Trinajstić information content (AvgIpc) is 1.80. The maximum atomic E-state index is 10.0. The highest BCUT2D eigenvalue weighted by Crippen LogP contribution is 2.14. The smallest absolute Gasteiger partial charge is 0.157 e. The maximum absolute atomic E-state index is 10.0. The molecule has 1 N–H and O–H groups in total. The molecule has 0 aliphatic heterocycles. The second-order valence-electron chi connectivity index (χ2n) is 1.83. The van der Waals surface area contributed by atoms with Gasteiger partial charge in [-0.2, -0.15) is 4.89 Å². The van der Waals surface area contributed by atoms with Gasteiger partial charge in [0.05, 0.1) is 0 Å². The van der Waals surface area contributed by atoms with Gasteiger partial charge >= 0.3 is 8.03 Å². The van der Waals surface area contributed by atoms with Crippen molar-refractivity contribution in [3.05, 3.63) is 11.9 Å². The molecule has 0 fully saturated rings. The van der Waals surface area contributed by atoms with E-state index in [0.29, 0.717) is 0 Å². The molecule has 0 amide bonds. The van der Waals surface area contributed by atoms with Crippen LogP contribution in [0.3, 0.4) is 0 Å². The second-order valence-corrected chi connectivity index (χ2v) is 2.73. The van der Waals surface area contributed by atoms with Gasteiger partial charge in [0.1, 0.15) is 0 Å². The van der Waals surface area contributed by atoms with Crippen LogP contribution >= 0.6 is 8.03 Å². The molecule has 0 aliphatic carbocycles. The van der Waals surface area contributed by atoms with Gasteiger partial charge in [-0.25, -0.2) is 0 Å². The summed E-state index contributed by atoms with van der Waals surface area (Å²) in [6, 6.07) is 0. The van der Waals surface area contributed by atoms with Crippen LogP contribution in [0.5, 0.6) is 0 Å². The van der Waals surface area contributed by atoms with Crippen LogP contribution in [0.1, 0.15) is 26.2 Å². The Morgan fingerprint density at radius 1 is 1.67 bits per heavy atom. The topological polar surface area (TPSA) is 37.3 Å². The molecule has 0 aromatic rings. The summed E-state index contributed by atoms with van der Waals surface area (Å²) in [6.45, 7) is 2.09. The minimum absolute atomic E-state index is 0.915. The predicted octanol–water partition coefficient (Wildman–Crippen LogP) is 2.43. The summed E-state index contributed by atoms with van der Waals surface area (Å²) in [4.78, 5) is 8.27. The summed E-state index contributed by atoms with van der Waals surface area (Å²) >= 11 is 0. The molecule has 52 valence electrons. The molecule has 3 heteroatoms. The zero-order valence-electron chi connectivity index (χ0n) is 5.58. The third kappa shape index (κ3) is 7.80. The van der Waals surface area contributed by atoms with E-state index in [9.17, 15) is 4.57 Å². The molecule has 0 bridgehead atoms. The lowest BCUT2D eigenvalue weighted by Crippen LogP contribution is -1.64. The Morgan fingerprint density at radius 3 is 2.78 bits per heavy atom. The SMILES string of the molecule is CCCCC=C[P+](=O)O. The first-order chi connectivity index (χ1) is 4.27. The normalized spacial score (nSPS) is 12.4. The zero-order valence-corrected chi connectivity index (χ0v) is 6.47. The van der Waals surface area contributed by atoms with Gasteiger partial charge in [0.15, 0.2) is 5.82 Å². The molecule has 1 unspecified atom stereocenters. The van der Waals surface area contributed by atoms with Crippen LogP contribution in [-0.2, 0) is 4.57 Å². The fourth-order valence-electron chi connectivity index (χ4n) is 0.487. The van der Waals surface area contributed by atoms with Gasteiger partial charge in [0.25, 0.3) is 0 Å². The molecular weight excluding hydrogens is 135 g/mol. The van der Waals surface area contributed by atoms with Crippen molar-refractivity contribution in [1.29, 1.82) is 0 Å². The van der Waals surface area contributed by atoms with E-state index in [-0.39, 0.29) is 0 Å². The van der Waals surface area contributed by atoms with E-state index < -0.39 is 8.03 Å². The molecule has 0 aromatic carbocycles. The number of unbranched alkanes of at least 4 members (excludes halogenated alkanes) is 2. The first-order valence-corrected chi connectivity index (χ1v) is 4.37. The highest BCUT2D eigenvalue weighted by Gasteiger charge is 1.98. The summed E-state index contributed by atoms with van der Waals surface area (Å²) in [7, 11) is -2.05. The Bertz CT molecular complexity index is 110. The standard InChI is InChI=1S/C6H11O2P/c1-2-3-4-5-6-9(7)8/h5-6H,2-4H2,1H3/p+1. The van der Waals surface area contributed by atoms with Crippen molar-refractivity contribution in [2.75, 3.05) is 0 Å². The number of hydrogen-bond acceptors (Lipinski definition) is 1. The second kappa shape index (κ2) is 5.93. The van der Waals surface area contributed by atoms with Crippen LogP contribution in [0.15, 0.2) is 11.9 Å². The Morgan fingerprint density at radius 2 is 2.33 bits per heavy atom. The molecule has 0 rings (SSSR count). The van der Waals surface area contributed by atoms with Crippen molar-refractivity contribution in [2.24, 2.45) is 0 Å². The molecule has 0 aromatic heterocycles. The maximum Gasteiger partial charge on any atom is 0.537 e. The fourth-order valence-corrected chi connectivity index (χ4v) is 0.816. The van der Waals surface area contributed by atoms with E-state index >= 15 is 0 Å². The van der Waals surface area contributed by atoms with E-state index in [4.69, 9.17) is 4.89 Å². The monoisotopic (exact) mass is 147 g/mol. The number of allylic oxidation sites excluding steroid dienone is 1. The fraction of sp³-hybridized carbons (Fsp3) is 0.667. The van der Waals surface area contributed by atoms with E-state index in [1.165, 1.54) is 5.82 Å². The van der Waals surface area contributed by atoms with Crippen molar-refractivity contribution in [1.82, 2.24) is 0 Å². The molecule has 0 heterocycles. The van der Waals surface area contributed by atoms with Gasteiger partial charge < -0.3 is 0 Å². The Kier molecular flexibility index (Phi) is 5.80. The summed E-state index contributed by atoms with van der Waals surface area (Å²) < 4.78 is 10.0. The van der Waals surface area contributed by atoms with Gasteiger partial charge in [0, 0.05) is 0 Å². The number of rotatable bonds is 4. The molecule has 0 spiro atoms. The van der Waals surface area contributed by atoms with Gasteiger partial charge in [-0.3, -0.25) is 0 Å². The Labute approximate surface area is 56.5 Å². The molecule has 0 saturated carbocycles. The summed E-state index contributed by atoms with van der Waals surface area (Å²) in [6.07, 6.45) is 4.90. The molecule has 9 heavy (non-hydrogen) atoms. The first kappa shape index (κ1) is 8.80. The average molecular weight is 147 g/mol.